The summed E-state index contributed by atoms with van der Waals surface area (Å²) in [5.74, 6) is 1.19. The van der Waals surface area contributed by atoms with E-state index in [9.17, 15) is 9.90 Å². The number of aliphatic hydroxyl groups excluding tert-OH is 1. The third-order valence-electron chi connectivity index (χ3n) is 4.92. The van der Waals surface area contributed by atoms with Crippen LogP contribution in [0.15, 0.2) is 6.07 Å². The summed E-state index contributed by atoms with van der Waals surface area (Å²) in [4.78, 5) is 20.6. The van der Waals surface area contributed by atoms with Crippen LogP contribution >= 0.6 is 11.3 Å². The Labute approximate surface area is 152 Å². The summed E-state index contributed by atoms with van der Waals surface area (Å²) in [7, 11) is 1.61. The number of aromatic nitrogens is 1. The Balaban J connectivity index is 2.02. The van der Waals surface area contributed by atoms with Crippen LogP contribution in [0.2, 0.25) is 0 Å². The summed E-state index contributed by atoms with van der Waals surface area (Å²) in [6.45, 7) is 4.20. The van der Waals surface area contributed by atoms with Crippen molar-refractivity contribution in [3.05, 3.63) is 16.5 Å². The van der Waals surface area contributed by atoms with Crippen LogP contribution in [0, 0.1) is 5.92 Å². The minimum atomic E-state index is -0.159. The minimum absolute atomic E-state index is 0.159. The number of piperidine rings is 1. The number of carbonyl (C=O) groups excluding carboxylic acids is 1. The van der Waals surface area contributed by atoms with Gasteiger partial charge in [-0.2, -0.15) is 0 Å². The molecule has 7 heteroatoms. The summed E-state index contributed by atoms with van der Waals surface area (Å²) < 4.78 is 0. The van der Waals surface area contributed by atoms with Gasteiger partial charge >= 0.3 is 0 Å². The van der Waals surface area contributed by atoms with Gasteiger partial charge in [-0.1, -0.05) is 13.3 Å². The highest BCUT2D eigenvalue weighted by atomic mass is 32.1. The highest BCUT2D eigenvalue weighted by molar-refractivity contribution is 7.21. The number of nitrogens with zero attached hydrogens (tertiary/aromatic N) is 2. The molecule has 3 rings (SSSR count). The van der Waals surface area contributed by atoms with E-state index in [0.29, 0.717) is 16.5 Å². The van der Waals surface area contributed by atoms with Gasteiger partial charge in [0.2, 0.25) is 0 Å². The predicted molar refractivity (Wildman–Crippen MR) is 103 cm³/mol. The lowest BCUT2D eigenvalue weighted by Crippen LogP contribution is -2.35. The maximum Gasteiger partial charge on any atom is 0.263 e. The molecular weight excluding hydrogens is 336 g/mol. The Morgan fingerprint density at radius 3 is 2.80 bits per heavy atom. The second kappa shape index (κ2) is 7.58. The van der Waals surface area contributed by atoms with Crippen LogP contribution in [0.3, 0.4) is 0 Å². The van der Waals surface area contributed by atoms with Crippen molar-refractivity contribution in [1.29, 1.82) is 0 Å². The van der Waals surface area contributed by atoms with E-state index in [0.717, 1.165) is 60.4 Å². The van der Waals surface area contributed by atoms with Crippen LogP contribution in [-0.2, 0) is 6.42 Å². The Morgan fingerprint density at radius 1 is 1.48 bits per heavy atom. The van der Waals surface area contributed by atoms with Crippen molar-refractivity contribution in [3.8, 4) is 0 Å². The molecule has 6 nitrogen and oxygen atoms in total. The fraction of sp³-hybridized carbons (Fsp3) is 0.556. The van der Waals surface area contributed by atoms with E-state index in [2.05, 4.69) is 23.2 Å². The van der Waals surface area contributed by atoms with E-state index in [1.54, 1.807) is 7.05 Å². The van der Waals surface area contributed by atoms with Gasteiger partial charge in [-0.05, 0) is 36.8 Å². The number of aryl methyl sites for hydroxylation is 1. The Morgan fingerprint density at radius 2 is 2.20 bits per heavy atom. The molecule has 0 atom stereocenters. The number of pyridine rings is 1. The first-order valence-electron chi connectivity index (χ1n) is 8.88. The maximum absolute atomic E-state index is 12.1. The fourth-order valence-corrected chi connectivity index (χ4v) is 4.52. The van der Waals surface area contributed by atoms with Crippen molar-refractivity contribution in [3.63, 3.8) is 0 Å². The van der Waals surface area contributed by atoms with Crippen LogP contribution in [0.1, 0.15) is 41.4 Å². The van der Waals surface area contributed by atoms with Gasteiger partial charge in [0.25, 0.3) is 5.91 Å². The molecule has 136 valence electrons. The van der Waals surface area contributed by atoms with E-state index in [1.807, 2.05) is 0 Å². The lowest BCUT2D eigenvalue weighted by atomic mass is 9.97. The molecule has 1 aliphatic heterocycles. The molecule has 0 aromatic carbocycles. The van der Waals surface area contributed by atoms with Crippen molar-refractivity contribution in [1.82, 2.24) is 10.3 Å². The summed E-state index contributed by atoms with van der Waals surface area (Å²) in [5, 5.41) is 12.9. The van der Waals surface area contributed by atoms with Crippen LogP contribution < -0.4 is 16.0 Å². The van der Waals surface area contributed by atoms with Crippen molar-refractivity contribution in [2.45, 2.75) is 32.6 Å². The average Bonchev–Trinajstić information content (AvgIpc) is 2.98. The molecule has 2 aromatic heterocycles. The van der Waals surface area contributed by atoms with Gasteiger partial charge in [0.15, 0.2) is 0 Å². The van der Waals surface area contributed by atoms with E-state index in [-0.39, 0.29) is 12.5 Å². The van der Waals surface area contributed by atoms with Crippen LogP contribution in [0.25, 0.3) is 10.2 Å². The molecule has 2 aromatic rings. The van der Waals surface area contributed by atoms with Crippen LogP contribution in [0.4, 0.5) is 11.5 Å². The number of nitrogens with one attached hydrogen (secondary N) is 1. The number of rotatable bonds is 5. The Hall–Kier alpha value is -1.86. The fourth-order valence-electron chi connectivity index (χ4n) is 3.44. The van der Waals surface area contributed by atoms with Crippen molar-refractivity contribution < 1.29 is 9.90 Å². The third kappa shape index (κ3) is 3.43. The number of hydrogen-bond acceptors (Lipinski definition) is 6. The van der Waals surface area contributed by atoms with E-state index >= 15 is 0 Å². The zero-order valence-corrected chi connectivity index (χ0v) is 15.7. The summed E-state index contributed by atoms with van der Waals surface area (Å²) in [6, 6.07) is 2.13. The van der Waals surface area contributed by atoms with Gasteiger partial charge in [-0.15, -0.1) is 11.3 Å². The Kier molecular flexibility index (Phi) is 5.44. The molecule has 1 fully saturated rings. The molecule has 0 spiro atoms. The zero-order valence-electron chi connectivity index (χ0n) is 14.8. The molecule has 0 aliphatic carbocycles. The number of amides is 1. The molecule has 0 saturated carbocycles. The first kappa shape index (κ1) is 17.9. The second-order valence-corrected chi connectivity index (χ2v) is 7.61. The highest BCUT2D eigenvalue weighted by Gasteiger charge is 2.23. The standard InChI is InChI=1S/C18H26N4O2S/c1-3-4-12-9-13(22-7-5-11(10-23)6-8-22)21-18-14(12)15(19)16(25-18)17(24)20-2/h9,11,23H,3-8,10,19H2,1-2H3,(H,20,24). The van der Waals surface area contributed by atoms with Gasteiger partial charge in [0.05, 0.1) is 5.69 Å². The third-order valence-corrected chi connectivity index (χ3v) is 6.01. The largest absolute Gasteiger partial charge is 0.397 e. The summed E-state index contributed by atoms with van der Waals surface area (Å²) >= 11 is 1.37. The number of carbonyl (C=O) groups is 1. The quantitative estimate of drug-likeness (QED) is 0.760. The number of hydrogen-bond donors (Lipinski definition) is 3. The van der Waals surface area contributed by atoms with E-state index in [4.69, 9.17) is 10.7 Å². The monoisotopic (exact) mass is 362 g/mol. The average molecular weight is 362 g/mol. The molecule has 1 amide bonds. The molecule has 3 heterocycles. The predicted octanol–water partition coefficient (Wildman–Crippen LogP) is 2.40. The first-order valence-corrected chi connectivity index (χ1v) is 9.70. The molecule has 0 radical (unpaired) electrons. The molecule has 25 heavy (non-hydrogen) atoms. The summed E-state index contributed by atoms with van der Waals surface area (Å²) in [6.07, 6.45) is 3.88. The van der Waals surface area contributed by atoms with Crippen molar-refractivity contribution in [2.24, 2.45) is 5.92 Å². The number of nitrogens with two attached hydrogens (primary N) is 1. The number of aliphatic hydroxyl groups is 1. The minimum Gasteiger partial charge on any atom is -0.397 e. The number of fused-ring (bicyclic) bond motifs is 1. The van der Waals surface area contributed by atoms with E-state index in [1.165, 1.54) is 11.3 Å². The number of nitrogen functional groups attached to an aromatic ring is 1. The first-order chi connectivity index (χ1) is 12.1. The summed E-state index contributed by atoms with van der Waals surface area (Å²) in [5.41, 5.74) is 7.98. The van der Waals surface area contributed by atoms with Crippen LogP contribution in [-0.4, -0.2) is 42.7 Å². The van der Waals surface area contributed by atoms with Gasteiger partial charge in [0, 0.05) is 32.1 Å². The van der Waals surface area contributed by atoms with Gasteiger partial charge in [-0.3, -0.25) is 4.79 Å². The number of thiophene rings is 1. The molecular formula is C18H26N4O2S. The smallest absolute Gasteiger partial charge is 0.263 e. The number of anilines is 2. The maximum atomic E-state index is 12.1. The lowest BCUT2D eigenvalue weighted by molar-refractivity contribution is 0.0968. The van der Waals surface area contributed by atoms with Crippen molar-refractivity contribution >= 4 is 39.0 Å². The lowest BCUT2D eigenvalue weighted by Gasteiger charge is -2.32. The van der Waals surface area contributed by atoms with Gasteiger partial charge in [0.1, 0.15) is 15.5 Å². The molecule has 4 N–H and O–H groups in total. The normalized spacial score (nSPS) is 15.7. The molecule has 1 saturated heterocycles. The second-order valence-electron chi connectivity index (χ2n) is 6.61. The molecule has 1 aliphatic rings. The highest BCUT2D eigenvalue weighted by Crippen LogP contribution is 2.37. The zero-order chi connectivity index (χ0) is 18.0. The van der Waals surface area contributed by atoms with Crippen molar-refractivity contribution in [2.75, 3.05) is 37.4 Å². The SMILES string of the molecule is CCCc1cc(N2CCC(CO)CC2)nc2sc(C(=O)NC)c(N)c12. The van der Waals surface area contributed by atoms with Gasteiger partial charge in [-0.25, -0.2) is 4.98 Å². The molecule has 0 unspecified atom stereocenters. The topological polar surface area (TPSA) is 91.5 Å². The van der Waals surface area contributed by atoms with E-state index < -0.39 is 0 Å². The van der Waals surface area contributed by atoms with Gasteiger partial charge < -0.3 is 21.1 Å². The van der Waals surface area contributed by atoms with Crippen LogP contribution in [0.5, 0.6) is 0 Å². The molecule has 0 bridgehead atoms. The Bertz CT molecular complexity index is 766.